The summed E-state index contributed by atoms with van der Waals surface area (Å²) in [6.45, 7) is 3.28. The van der Waals surface area contributed by atoms with E-state index in [2.05, 4.69) is 25.8 Å². The second-order valence-electron chi connectivity index (χ2n) is 6.37. The van der Waals surface area contributed by atoms with Crippen LogP contribution in [0.1, 0.15) is 31.5 Å². The van der Waals surface area contributed by atoms with E-state index in [4.69, 9.17) is 0 Å². The topological polar surface area (TPSA) is 50.2 Å². The monoisotopic (exact) mass is 314 g/mol. The van der Waals surface area contributed by atoms with Crippen molar-refractivity contribution >= 4 is 16.9 Å². The third kappa shape index (κ3) is 4.10. The highest BCUT2D eigenvalue weighted by atomic mass is 16.2. The zero-order valence-corrected chi connectivity index (χ0v) is 13.9. The van der Waals surface area contributed by atoms with E-state index in [1.54, 1.807) is 0 Å². The van der Waals surface area contributed by atoms with Gasteiger partial charge in [0, 0.05) is 20.0 Å². The first-order valence-electron chi connectivity index (χ1n) is 8.63. The molecule has 0 aliphatic carbocycles. The van der Waals surface area contributed by atoms with E-state index in [0.29, 0.717) is 13.1 Å². The molecule has 5 heteroatoms. The van der Waals surface area contributed by atoms with Crippen LogP contribution in [0.25, 0.3) is 11.0 Å². The summed E-state index contributed by atoms with van der Waals surface area (Å²) < 4.78 is 2.11. The molecule has 0 bridgehead atoms. The molecule has 0 saturated carbocycles. The number of hydrogen-bond acceptors (Lipinski definition) is 3. The van der Waals surface area contributed by atoms with Crippen molar-refractivity contribution in [3.63, 3.8) is 0 Å². The molecular weight excluding hydrogens is 288 g/mol. The Balaban J connectivity index is 1.48. The van der Waals surface area contributed by atoms with Gasteiger partial charge in [0.25, 0.3) is 0 Å². The van der Waals surface area contributed by atoms with E-state index in [9.17, 15) is 4.79 Å². The maximum Gasteiger partial charge on any atom is 0.234 e. The molecule has 5 nitrogen and oxygen atoms in total. The molecule has 124 valence electrons. The first kappa shape index (κ1) is 16.0. The smallest absolute Gasteiger partial charge is 0.234 e. The van der Waals surface area contributed by atoms with Gasteiger partial charge in [0.05, 0.1) is 17.6 Å². The van der Waals surface area contributed by atoms with Crippen LogP contribution in [0.15, 0.2) is 24.3 Å². The van der Waals surface area contributed by atoms with E-state index in [1.807, 2.05) is 25.2 Å². The highest BCUT2D eigenvalue weighted by Gasteiger charge is 2.13. The molecule has 1 saturated heterocycles. The van der Waals surface area contributed by atoms with Crippen LogP contribution in [-0.4, -0.2) is 46.5 Å². The molecule has 0 radical (unpaired) electrons. The largest absolute Gasteiger partial charge is 0.355 e. The molecule has 1 amide bonds. The van der Waals surface area contributed by atoms with Gasteiger partial charge in [0.2, 0.25) is 5.91 Å². The van der Waals surface area contributed by atoms with Crippen molar-refractivity contribution < 1.29 is 4.79 Å². The van der Waals surface area contributed by atoms with Crippen LogP contribution in [0, 0.1) is 0 Å². The molecule has 1 N–H and O–H groups in total. The minimum Gasteiger partial charge on any atom is -0.355 e. The van der Waals surface area contributed by atoms with Gasteiger partial charge in [-0.1, -0.05) is 25.0 Å². The summed E-state index contributed by atoms with van der Waals surface area (Å²) in [5.74, 6) is 1.15. The van der Waals surface area contributed by atoms with Crippen molar-refractivity contribution in [2.45, 2.75) is 32.1 Å². The number of benzene rings is 1. The fourth-order valence-corrected chi connectivity index (χ4v) is 3.29. The normalized spacial score (nSPS) is 16.4. The number of hydrogen-bond donors (Lipinski definition) is 1. The minimum atomic E-state index is 0.130. The molecule has 0 unspecified atom stereocenters. The highest BCUT2D eigenvalue weighted by Crippen LogP contribution is 2.14. The number of carbonyl (C=O) groups is 1. The van der Waals surface area contributed by atoms with Gasteiger partial charge in [-0.3, -0.25) is 9.69 Å². The van der Waals surface area contributed by atoms with Gasteiger partial charge < -0.3 is 9.88 Å². The fourth-order valence-electron chi connectivity index (χ4n) is 3.29. The number of imidazole rings is 1. The minimum absolute atomic E-state index is 0.130. The second-order valence-corrected chi connectivity index (χ2v) is 6.37. The average Bonchev–Trinajstić information content (AvgIpc) is 2.73. The van der Waals surface area contributed by atoms with Crippen molar-refractivity contribution in [1.29, 1.82) is 0 Å². The lowest BCUT2D eigenvalue weighted by molar-refractivity contribution is -0.122. The molecule has 1 aliphatic heterocycles. The van der Waals surface area contributed by atoms with E-state index in [0.717, 1.165) is 36.4 Å². The number of aryl methyl sites for hydroxylation is 1. The summed E-state index contributed by atoms with van der Waals surface area (Å²) in [5, 5.41) is 3.04. The van der Waals surface area contributed by atoms with Crippen molar-refractivity contribution in [2.75, 3.05) is 26.2 Å². The Hall–Kier alpha value is -1.88. The van der Waals surface area contributed by atoms with Gasteiger partial charge in [-0.2, -0.15) is 0 Å². The number of nitrogens with one attached hydrogen (secondary N) is 1. The zero-order valence-electron chi connectivity index (χ0n) is 13.9. The third-order valence-corrected chi connectivity index (χ3v) is 4.62. The average molecular weight is 314 g/mol. The summed E-state index contributed by atoms with van der Waals surface area (Å²) >= 11 is 0. The van der Waals surface area contributed by atoms with E-state index in [1.165, 1.54) is 25.7 Å². The summed E-state index contributed by atoms with van der Waals surface area (Å²) in [6, 6.07) is 8.12. The Morgan fingerprint density at radius 2 is 1.91 bits per heavy atom. The van der Waals surface area contributed by atoms with Gasteiger partial charge in [0.15, 0.2) is 0 Å². The molecular formula is C18H26N4O. The molecule has 0 spiro atoms. The van der Waals surface area contributed by atoms with Crippen LogP contribution < -0.4 is 5.32 Å². The van der Waals surface area contributed by atoms with Crippen LogP contribution in [0.4, 0.5) is 0 Å². The van der Waals surface area contributed by atoms with Crippen LogP contribution in [-0.2, 0) is 18.3 Å². The van der Waals surface area contributed by atoms with E-state index >= 15 is 0 Å². The molecule has 23 heavy (non-hydrogen) atoms. The molecule has 3 rings (SSSR count). The summed E-state index contributed by atoms with van der Waals surface area (Å²) in [5.41, 5.74) is 2.15. The van der Waals surface area contributed by atoms with Gasteiger partial charge in [-0.25, -0.2) is 4.98 Å². The molecule has 2 heterocycles. The number of amides is 1. The number of fused-ring (bicyclic) bond motifs is 1. The van der Waals surface area contributed by atoms with Crippen LogP contribution >= 0.6 is 0 Å². The number of aromatic nitrogens is 2. The molecule has 0 atom stereocenters. The third-order valence-electron chi connectivity index (χ3n) is 4.62. The summed E-state index contributed by atoms with van der Waals surface area (Å²) in [7, 11) is 2.03. The van der Waals surface area contributed by atoms with Crippen LogP contribution in [0.2, 0.25) is 0 Å². The maximum atomic E-state index is 12.1. The Kier molecular flexibility index (Phi) is 5.28. The Labute approximate surface area is 137 Å². The standard InChI is InChI=1S/C18H26N4O/c1-21-16-9-5-4-8-15(16)20-17(21)10-11-19-18(23)14-22-12-6-2-3-7-13-22/h4-5,8-9H,2-3,6-7,10-14H2,1H3,(H,19,23). The van der Waals surface area contributed by atoms with Crippen molar-refractivity contribution in [1.82, 2.24) is 19.8 Å². The fraction of sp³-hybridized carbons (Fsp3) is 0.556. The van der Waals surface area contributed by atoms with Gasteiger partial charge >= 0.3 is 0 Å². The zero-order chi connectivity index (χ0) is 16.1. The number of likely N-dealkylation sites (tertiary alicyclic amines) is 1. The molecule has 2 aromatic rings. The van der Waals surface area contributed by atoms with Crippen LogP contribution in [0.3, 0.4) is 0 Å². The summed E-state index contributed by atoms with van der Waals surface area (Å²) in [6.07, 6.45) is 5.78. The predicted molar refractivity (Wildman–Crippen MR) is 92.3 cm³/mol. The second kappa shape index (κ2) is 7.59. The number of nitrogens with zero attached hydrogens (tertiary/aromatic N) is 3. The van der Waals surface area contributed by atoms with Crippen molar-refractivity contribution in [2.24, 2.45) is 7.05 Å². The lowest BCUT2D eigenvalue weighted by Crippen LogP contribution is -2.38. The number of carbonyl (C=O) groups excluding carboxylic acids is 1. The molecule has 1 aromatic carbocycles. The Morgan fingerprint density at radius 1 is 1.17 bits per heavy atom. The Bertz CT molecular complexity index is 656. The lowest BCUT2D eigenvalue weighted by Gasteiger charge is -2.18. The van der Waals surface area contributed by atoms with E-state index < -0.39 is 0 Å². The summed E-state index contributed by atoms with van der Waals surface area (Å²) in [4.78, 5) is 19.0. The first-order chi connectivity index (χ1) is 11.2. The van der Waals surface area contributed by atoms with Crippen molar-refractivity contribution in [3.8, 4) is 0 Å². The van der Waals surface area contributed by atoms with Crippen LogP contribution in [0.5, 0.6) is 0 Å². The first-order valence-corrected chi connectivity index (χ1v) is 8.63. The number of rotatable bonds is 5. The molecule has 1 fully saturated rings. The lowest BCUT2D eigenvalue weighted by atomic mass is 10.2. The van der Waals surface area contributed by atoms with Gasteiger partial charge in [0.1, 0.15) is 5.82 Å². The highest BCUT2D eigenvalue weighted by molar-refractivity contribution is 5.78. The van der Waals surface area contributed by atoms with E-state index in [-0.39, 0.29) is 5.91 Å². The SMILES string of the molecule is Cn1c(CCNC(=O)CN2CCCCCC2)nc2ccccc21. The maximum absolute atomic E-state index is 12.1. The molecule has 1 aromatic heterocycles. The van der Waals surface area contributed by atoms with Gasteiger partial charge in [-0.15, -0.1) is 0 Å². The predicted octanol–water partition coefficient (Wildman–Crippen LogP) is 2.11. The number of para-hydroxylation sites is 2. The Morgan fingerprint density at radius 3 is 2.65 bits per heavy atom. The molecule has 1 aliphatic rings. The quantitative estimate of drug-likeness (QED) is 0.919. The van der Waals surface area contributed by atoms with Gasteiger partial charge in [-0.05, 0) is 38.1 Å². The van der Waals surface area contributed by atoms with Crippen molar-refractivity contribution in [3.05, 3.63) is 30.1 Å².